The number of H-pyrrole nitrogens is 1. The molecular weight excluding hydrogens is 296 g/mol. The maximum atomic E-state index is 12.3. The monoisotopic (exact) mass is 310 g/mol. The maximum absolute atomic E-state index is 12.3. The topological polar surface area (TPSA) is 92.2 Å². The number of pyridine rings is 2. The van der Waals surface area contributed by atoms with Gasteiger partial charge >= 0.3 is 5.97 Å². The van der Waals surface area contributed by atoms with Crippen LogP contribution < -0.4 is 11.0 Å². The zero-order chi connectivity index (χ0) is 16.6. The van der Waals surface area contributed by atoms with Crippen molar-refractivity contribution < 1.29 is 9.90 Å². The van der Waals surface area contributed by atoms with Gasteiger partial charge in [-0.3, -0.25) is 9.59 Å². The van der Waals surface area contributed by atoms with Crippen LogP contribution in [-0.4, -0.2) is 20.6 Å². The van der Waals surface area contributed by atoms with E-state index in [-0.39, 0.29) is 11.1 Å². The molecule has 0 saturated carbocycles. The molecule has 3 rings (SSSR count). The summed E-state index contributed by atoms with van der Waals surface area (Å²) in [5, 5.41) is 9.50. The van der Waals surface area contributed by atoms with E-state index in [0.29, 0.717) is 17.4 Å². The summed E-state index contributed by atoms with van der Waals surface area (Å²) in [5.74, 6) is -1.24. The van der Waals surface area contributed by atoms with Crippen molar-refractivity contribution in [3.8, 4) is 11.1 Å². The highest BCUT2D eigenvalue weighted by molar-refractivity contribution is 5.93. The third-order valence-corrected chi connectivity index (χ3v) is 3.76. The molecule has 0 saturated heterocycles. The van der Waals surface area contributed by atoms with Crippen LogP contribution in [0.3, 0.4) is 0 Å². The van der Waals surface area contributed by atoms with Gasteiger partial charge in [-0.25, -0.2) is 4.79 Å². The molecule has 2 heterocycles. The molecule has 0 atom stereocenters. The number of fused-ring (bicyclic) bond motifs is 1. The first-order valence-electron chi connectivity index (χ1n) is 7.11. The Bertz CT molecular complexity index is 1030. The molecule has 2 aromatic heterocycles. The molecule has 2 N–H and O–H groups in total. The number of aryl methyl sites for hydroxylation is 1. The molecule has 0 unspecified atom stereocenters. The van der Waals surface area contributed by atoms with E-state index < -0.39 is 11.4 Å². The number of hydrogen-bond acceptors (Lipinski definition) is 3. The summed E-state index contributed by atoms with van der Waals surface area (Å²) >= 11 is 0. The lowest BCUT2D eigenvalue weighted by atomic mass is 10.0. The molecule has 6 nitrogen and oxygen atoms in total. The first kappa shape index (κ1) is 14.8. The van der Waals surface area contributed by atoms with Crippen LogP contribution in [-0.2, 0) is 6.54 Å². The van der Waals surface area contributed by atoms with E-state index in [2.05, 4.69) is 4.98 Å². The highest BCUT2D eigenvalue weighted by atomic mass is 16.4. The fraction of sp³-hybridized carbons (Fsp3) is 0.118. The van der Waals surface area contributed by atoms with Crippen molar-refractivity contribution in [3.63, 3.8) is 0 Å². The van der Waals surface area contributed by atoms with E-state index in [9.17, 15) is 14.4 Å². The summed E-state index contributed by atoms with van der Waals surface area (Å²) in [5.41, 5.74) is 1.19. The Labute approximate surface area is 130 Å². The second-order valence-corrected chi connectivity index (χ2v) is 5.14. The minimum atomic E-state index is -1.24. The molecule has 3 aromatic rings. The second-order valence-electron chi connectivity index (χ2n) is 5.14. The second kappa shape index (κ2) is 5.57. The smallest absolute Gasteiger partial charge is 0.341 e. The van der Waals surface area contributed by atoms with Crippen molar-refractivity contribution >= 4 is 16.9 Å². The molecule has 0 bridgehead atoms. The van der Waals surface area contributed by atoms with Crippen LogP contribution in [0, 0.1) is 0 Å². The molecule has 23 heavy (non-hydrogen) atoms. The van der Waals surface area contributed by atoms with E-state index in [1.54, 1.807) is 35.0 Å². The summed E-state index contributed by atoms with van der Waals surface area (Å²) in [6.45, 7) is 2.39. The zero-order valence-corrected chi connectivity index (χ0v) is 12.4. The van der Waals surface area contributed by atoms with E-state index in [4.69, 9.17) is 5.11 Å². The van der Waals surface area contributed by atoms with Gasteiger partial charge in [-0.2, -0.15) is 0 Å². The highest BCUT2D eigenvalue weighted by Crippen LogP contribution is 2.22. The van der Waals surface area contributed by atoms with Crippen molar-refractivity contribution in [1.29, 1.82) is 0 Å². The Morgan fingerprint density at radius 2 is 1.91 bits per heavy atom. The van der Waals surface area contributed by atoms with Crippen LogP contribution in [0.4, 0.5) is 0 Å². The highest BCUT2D eigenvalue weighted by Gasteiger charge is 2.14. The maximum Gasteiger partial charge on any atom is 0.341 e. The molecule has 0 radical (unpaired) electrons. The van der Waals surface area contributed by atoms with E-state index in [1.165, 1.54) is 12.3 Å². The van der Waals surface area contributed by atoms with Crippen molar-refractivity contribution in [1.82, 2.24) is 9.55 Å². The fourth-order valence-corrected chi connectivity index (χ4v) is 2.61. The summed E-state index contributed by atoms with van der Waals surface area (Å²) in [6.07, 6.45) is 2.91. The molecule has 0 amide bonds. The minimum Gasteiger partial charge on any atom is -0.477 e. The molecule has 0 aliphatic carbocycles. The first-order valence-corrected chi connectivity index (χ1v) is 7.11. The average molecular weight is 310 g/mol. The van der Waals surface area contributed by atoms with Gasteiger partial charge < -0.3 is 14.7 Å². The lowest BCUT2D eigenvalue weighted by Gasteiger charge is -2.11. The van der Waals surface area contributed by atoms with Crippen LogP contribution in [0.2, 0.25) is 0 Å². The Kier molecular flexibility index (Phi) is 3.57. The Hall–Kier alpha value is -3.15. The van der Waals surface area contributed by atoms with Gasteiger partial charge in [0.2, 0.25) is 11.0 Å². The molecule has 0 aliphatic heterocycles. The number of carboxylic acids is 1. The standard InChI is InChI=1S/C17H14N2O4/c1-2-19-9-13(17(22)23)16(21)12-4-3-10(7-14(12)19)11-5-6-18-15(20)8-11/h3-9H,2H2,1H3,(H,18,20)(H,22,23). The predicted molar refractivity (Wildman–Crippen MR) is 86.9 cm³/mol. The number of carboxylic acid groups (broad SMARTS) is 1. The predicted octanol–water partition coefficient (Wildman–Crippen LogP) is 2.07. The van der Waals surface area contributed by atoms with E-state index in [0.717, 1.165) is 11.1 Å². The van der Waals surface area contributed by atoms with E-state index >= 15 is 0 Å². The van der Waals surface area contributed by atoms with Crippen molar-refractivity contribution in [2.75, 3.05) is 0 Å². The number of carbonyl (C=O) groups is 1. The average Bonchev–Trinajstić information content (AvgIpc) is 2.54. The molecular formula is C17H14N2O4. The number of nitrogens with one attached hydrogen (secondary N) is 1. The number of hydrogen-bond donors (Lipinski definition) is 2. The molecule has 0 aliphatic rings. The third kappa shape index (κ3) is 2.55. The Morgan fingerprint density at radius 1 is 1.17 bits per heavy atom. The summed E-state index contributed by atoms with van der Waals surface area (Å²) in [4.78, 5) is 37.5. The number of benzene rings is 1. The van der Waals surface area contributed by atoms with Crippen LogP contribution >= 0.6 is 0 Å². The summed E-state index contributed by atoms with van der Waals surface area (Å²) in [7, 11) is 0. The van der Waals surface area contributed by atoms with Crippen molar-refractivity contribution in [2.45, 2.75) is 13.5 Å². The van der Waals surface area contributed by atoms with Crippen molar-refractivity contribution in [3.05, 3.63) is 68.9 Å². The number of aromatic amines is 1. The van der Waals surface area contributed by atoms with Crippen LogP contribution in [0.25, 0.3) is 22.0 Å². The van der Waals surface area contributed by atoms with Gasteiger partial charge in [0.15, 0.2) is 0 Å². The van der Waals surface area contributed by atoms with Crippen LogP contribution in [0.1, 0.15) is 17.3 Å². The van der Waals surface area contributed by atoms with Gasteiger partial charge in [-0.15, -0.1) is 0 Å². The SMILES string of the molecule is CCn1cc(C(=O)O)c(=O)c2ccc(-c3cc[nH]c(=O)c3)cc21. The summed E-state index contributed by atoms with van der Waals surface area (Å²) < 4.78 is 1.72. The Morgan fingerprint density at radius 3 is 2.57 bits per heavy atom. The minimum absolute atomic E-state index is 0.211. The fourth-order valence-electron chi connectivity index (χ4n) is 2.61. The van der Waals surface area contributed by atoms with Gasteiger partial charge in [-0.1, -0.05) is 6.07 Å². The molecule has 0 spiro atoms. The van der Waals surface area contributed by atoms with Gasteiger partial charge in [0.25, 0.3) is 0 Å². The lowest BCUT2D eigenvalue weighted by molar-refractivity contribution is 0.0695. The van der Waals surface area contributed by atoms with Gasteiger partial charge in [0, 0.05) is 30.4 Å². The number of aromatic nitrogens is 2. The van der Waals surface area contributed by atoms with Gasteiger partial charge in [-0.05, 0) is 36.2 Å². The number of rotatable bonds is 3. The number of aromatic carboxylic acids is 1. The van der Waals surface area contributed by atoms with E-state index in [1.807, 2.05) is 6.92 Å². The molecule has 116 valence electrons. The molecule has 0 fully saturated rings. The van der Waals surface area contributed by atoms with Gasteiger partial charge in [0.1, 0.15) is 5.56 Å². The molecule has 1 aromatic carbocycles. The van der Waals surface area contributed by atoms with Crippen LogP contribution in [0.15, 0.2) is 52.3 Å². The Balaban J connectivity index is 2.32. The quantitative estimate of drug-likeness (QED) is 0.774. The summed E-state index contributed by atoms with van der Waals surface area (Å²) in [6, 6.07) is 8.35. The first-order chi connectivity index (χ1) is 11.0. The van der Waals surface area contributed by atoms with Gasteiger partial charge in [0.05, 0.1) is 5.52 Å². The largest absolute Gasteiger partial charge is 0.477 e. The van der Waals surface area contributed by atoms with Crippen LogP contribution in [0.5, 0.6) is 0 Å². The number of nitrogens with zero attached hydrogens (tertiary/aromatic N) is 1. The zero-order valence-electron chi connectivity index (χ0n) is 12.4. The molecule has 6 heteroatoms. The third-order valence-electron chi connectivity index (χ3n) is 3.76. The lowest BCUT2D eigenvalue weighted by Crippen LogP contribution is -2.18. The normalized spacial score (nSPS) is 10.8. The van der Waals surface area contributed by atoms with Crippen molar-refractivity contribution in [2.24, 2.45) is 0 Å².